The number of halogens is 2. The predicted octanol–water partition coefficient (Wildman–Crippen LogP) is 2.64. The Morgan fingerprint density at radius 2 is 2.40 bits per heavy atom. The predicted molar refractivity (Wildman–Crippen MR) is 60.9 cm³/mol. The highest BCUT2D eigenvalue weighted by molar-refractivity contribution is 6.31. The molecule has 82 valence electrons. The summed E-state index contributed by atoms with van der Waals surface area (Å²) < 4.78 is 12.9. The molecule has 0 radical (unpaired) electrons. The fraction of sp³-hybridized carbons (Fsp3) is 0.455. The van der Waals surface area contributed by atoms with Gasteiger partial charge in [-0.2, -0.15) is 0 Å². The van der Waals surface area contributed by atoms with E-state index in [4.69, 9.17) is 11.6 Å². The van der Waals surface area contributed by atoms with Crippen molar-refractivity contribution in [2.45, 2.75) is 18.9 Å². The van der Waals surface area contributed by atoms with Gasteiger partial charge in [-0.05, 0) is 37.6 Å². The third-order valence-electron chi connectivity index (χ3n) is 2.63. The molecule has 0 spiro atoms. The van der Waals surface area contributed by atoms with Gasteiger partial charge in [-0.1, -0.05) is 11.6 Å². The van der Waals surface area contributed by atoms with E-state index in [1.807, 2.05) is 0 Å². The fourth-order valence-corrected chi connectivity index (χ4v) is 1.96. The molecule has 2 rings (SSSR count). The first-order valence-corrected chi connectivity index (χ1v) is 5.56. The molecule has 1 atom stereocenters. The van der Waals surface area contributed by atoms with Crippen molar-refractivity contribution in [3.05, 3.63) is 29.0 Å². The van der Waals surface area contributed by atoms with Crippen LogP contribution in [-0.2, 0) is 0 Å². The van der Waals surface area contributed by atoms with Gasteiger partial charge in [0.25, 0.3) is 0 Å². The standard InChI is InChI=1S/C11H14ClFN2/c12-10-6-8(3-4-11(10)13)15-7-9-2-1-5-14-9/h3-4,6,9,14-15H,1-2,5,7H2/t9-/m1/s1. The lowest BCUT2D eigenvalue weighted by atomic mass is 10.2. The number of anilines is 1. The maximum absolute atomic E-state index is 12.9. The Hall–Kier alpha value is -0.800. The van der Waals surface area contributed by atoms with Crippen LogP contribution in [0.4, 0.5) is 10.1 Å². The summed E-state index contributed by atoms with van der Waals surface area (Å²) in [5.74, 6) is -0.374. The van der Waals surface area contributed by atoms with Crippen LogP contribution in [0, 0.1) is 5.82 Å². The normalized spacial score (nSPS) is 20.5. The van der Waals surface area contributed by atoms with Crippen LogP contribution in [-0.4, -0.2) is 19.1 Å². The van der Waals surface area contributed by atoms with Gasteiger partial charge in [0.15, 0.2) is 0 Å². The Morgan fingerprint density at radius 3 is 3.07 bits per heavy atom. The second-order valence-corrected chi connectivity index (χ2v) is 4.21. The molecule has 0 aromatic heterocycles. The molecule has 1 aliphatic heterocycles. The Bertz CT molecular complexity index is 337. The van der Waals surface area contributed by atoms with Gasteiger partial charge < -0.3 is 10.6 Å². The van der Waals surface area contributed by atoms with E-state index < -0.39 is 0 Å². The van der Waals surface area contributed by atoms with Crippen molar-refractivity contribution in [2.24, 2.45) is 0 Å². The molecule has 0 unspecified atom stereocenters. The largest absolute Gasteiger partial charge is 0.383 e. The average molecular weight is 229 g/mol. The zero-order valence-electron chi connectivity index (χ0n) is 8.39. The van der Waals surface area contributed by atoms with Gasteiger partial charge in [0, 0.05) is 18.3 Å². The molecule has 4 heteroatoms. The highest BCUT2D eigenvalue weighted by atomic mass is 35.5. The molecule has 0 bridgehead atoms. The topological polar surface area (TPSA) is 24.1 Å². The van der Waals surface area contributed by atoms with Crippen molar-refractivity contribution in [1.29, 1.82) is 0 Å². The molecule has 1 saturated heterocycles. The van der Waals surface area contributed by atoms with Crippen molar-refractivity contribution in [3.63, 3.8) is 0 Å². The molecular weight excluding hydrogens is 215 g/mol. The van der Waals surface area contributed by atoms with Crippen LogP contribution in [0.1, 0.15) is 12.8 Å². The summed E-state index contributed by atoms with van der Waals surface area (Å²) in [5, 5.41) is 6.79. The van der Waals surface area contributed by atoms with E-state index in [1.54, 1.807) is 12.1 Å². The monoisotopic (exact) mass is 228 g/mol. The van der Waals surface area contributed by atoms with E-state index in [1.165, 1.54) is 18.9 Å². The first-order chi connectivity index (χ1) is 7.25. The molecule has 15 heavy (non-hydrogen) atoms. The molecule has 1 aromatic rings. The highest BCUT2D eigenvalue weighted by Crippen LogP contribution is 2.19. The van der Waals surface area contributed by atoms with Crippen LogP contribution >= 0.6 is 11.6 Å². The van der Waals surface area contributed by atoms with Gasteiger partial charge in [0.1, 0.15) is 5.82 Å². The van der Waals surface area contributed by atoms with Crippen molar-refractivity contribution < 1.29 is 4.39 Å². The molecule has 1 aliphatic rings. The molecule has 2 nitrogen and oxygen atoms in total. The van der Waals surface area contributed by atoms with Crippen molar-refractivity contribution in [3.8, 4) is 0 Å². The lowest BCUT2D eigenvalue weighted by Gasteiger charge is -2.12. The van der Waals surface area contributed by atoms with Crippen molar-refractivity contribution in [2.75, 3.05) is 18.4 Å². The number of benzene rings is 1. The minimum atomic E-state index is -0.374. The second-order valence-electron chi connectivity index (χ2n) is 3.80. The molecule has 0 aliphatic carbocycles. The lowest BCUT2D eigenvalue weighted by molar-refractivity contribution is 0.626. The molecule has 0 saturated carbocycles. The summed E-state index contributed by atoms with van der Waals surface area (Å²) in [4.78, 5) is 0. The maximum atomic E-state index is 12.9. The second kappa shape index (κ2) is 4.81. The van der Waals surface area contributed by atoms with Gasteiger partial charge in [-0.3, -0.25) is 0 Å². The Kier molecular flexibility index (Phi) is 3.44. The van der Waals surface area contributed by atoms with Gasteiger partial charge in [0.05, 0.1) is 5.02 Å². The van der Waals surface area contributed by atoms with E-state index in [-0.39, 0.29) is 10.8 Å². The van der Waals surface area contributed by atoms with E-state index in [0.29, 0.717) is 6.04 Å². The Morgan fingerprint density at radius 1 is 1.53 bits per heavy atom. The van der Waals surface area contributed by atoms with Crippen LogP contribution in [0.5, 0.6) is 0 Å². The van der Waals surface area contributed by atoms with Crippen LogP contribution in [0.3, 0.4) is 0 Å². The molecule has 1 heterocycles. The Labute approximate surface area is 93.8 Å². The lowest BCUT2D eigenvalue weighted by Crippen LogP contribution is -2.29. The fourth-order valence-electron chi connectivity index (χ4n) is 1.78. The zero-order valence-corrected chi connectivity index (χ0v) is 9.15. The van der Waals surface area contributed by atoms with E-state index in [2.05, 4.69) is 10.6 Å². The minimum Gasteiger partial charge on any atom is -0.383 e. The van der Waals surface area contributed by atoms with Gasteiger partial charge in [-0.25, -0.2) is 4.39 Å². The first kappa shape index (κ1) is 10.7. The van der Waals surface area contributed by atoms with E-state index in [9.17, 15) is 4.39 Å². The number of rotatable bonds is 3. The highest BCUT2D eigenvalue weighted by Gasteiger charge is 2.13. The summed E-state index contributed by atoms with van der Waals surface area (Å²) in [6, 6.07) is 5.23. The summed E-state index contributed by atoms with van der Waals surface area (Å²) in [7, 11) is 0. The Balaban J connectivity index is 1.90. The zero-order chi connectivity index (χ0) is 10.7. The number of hydrogen-bond donors (Lipinski definition) is 2. The quantitative estimate of drug-likeness (QED) is 0.831. The number of nitrogens with one attached hydrogen (secondary N) is 2. The molecule has 0 amide bonds. The molecule has 1 aromatic carbocycles. The number of hydrogen-bond acceptors (Lipinski definition) is 2. The van der Waals surface area contributed by atoms with E-state index >= 15 is 0 Å². The van der Waals surface area contributed by atoms with E-state index in [0.717, 1.165) is 18.8 Å². The molecule has 2 N–H and O–H groups in total. The third kappa shape index (κ3) is 2.83. The summed E-state index contributed by atoms with van der Waals surface area (Å²) in [6.07, 6.45) is 2.43. The van der Waals surface area contributed by atoms with Crippen LogP contribution in [0.2, 0.25) is 5.02 Å². The first-order valence-electron chi connectivity index (χ1n) is 5.18. The minimum absolute atomic E-state index is 0.166. The summed E-state index contributed by atoms with van der Waals surface area (Å²) in [6.45, 7) is 1.96. The SMILES string of the molecule is Fc1ccc(NC[C@H]2CCCN2)cc1Cl. The van der Waals surface area contributed by atoms with Crippen molar-refractivity contribution >= 4 is 17.3 Å². The van der Waals surface area contributed by atoms with Crippen molar-refractivity contribution in [1.82, 2.24) is 5.32 Å². The molecule has 1 fully saturated rings. The smallest absolute Gasteiger partial charge is 0.141 e. The van der Waals surface area contributed by atoms with Crippen LogP contribution < -0.4 is 10.6 Å². The summed E-state index contributed by atoms with van der Waals surface area (Å²) >= 11 is 5.68. The van der Waals surface area contributed by atoms with Crippen LogP contribution in [0.15, 0.2) is 18.2 Å². The van der Waals surface area contributed by atoms with Gasteiger partial charge in [0.2, 0.25) is 0 Å². The van der Waals surface area contributed by atoms with Crippen LogP contribution in [0.25, 0.3) is 0 Å². The third-order valence-corrected chi connectivity index (χ3v) is 2.92. The summed E-state index contributed by atoms with van der Waals surface area (Å²) in [5.41, 5.74) is 0.870. The van der Waals surface area contributed by atoms with Gasteiger partial charge >= 0.3 is 0 Å². The molecular formula is C11H14ClFN2. The average Bonchev–Trinajstić information content (AvgIpc) is 2.73. The maximum Gasteiger partial charge on any atom is 0.141 e. The van der Waals surface area contributed by atoms with Gasteiger partial charge in [-0.15, -0.1) is 0 Å².